The Hall–Kier alpha value is -2.06. The van der Waals surface area contributed by atoms with Gasteiger partial charge in [0.05, 0.1) is 11.6 Å². The van der Waals surface area contributed by atoms with Gasteiger partial charge in [-0.15, -0.1) is 0 Å². The van der Waals surface area contributed by atoms with Crippen molar-refractivity contribution < 1.29 is 18.7 Å². The van der Waals surface area contributed by atoms with E-state index in [1.54, 1.807) is 20.8 Å². The van der Waals surface area contributed by atoms with Gasteiger partial charge in [0.25, 0.3) is 0 Å². The summed E-state index contributed by atoms with van der Waals surface area (Å²) in [5.74, 6) is 3.84. The van der Waals surface area contributed by atoms with Crippen LogP contribution >= 0.6 is 11.6 Å². The molecule has 2 rings (SSSR count). The summed E-state index contributed by atoms with van der Waals surface area (Å²) in [4.78, 5) is 25.7. The average Bonchev–Trinajstić information content (AvgIpc) is 2.91. The summed E-state index contributed by atoms with van der Waals surface area (Å²) in [6.45, 7) is 5.88. The minimum absolute atomic E-state index is 0.131. The summed E-state index contributed by atoms with van der Waals surface area (Å²) in [6, 6.07) is 3.40. The van der Waals surface area contributed by atoms with Crippen molar-refractivity contribution in [3.8, 4) is 11.8 Å². The van der Waals surface area contributed by atoms with Crippen LogP contribution in [0.1, 0.15) is 44.0 Å². The van der Waals surface area contributed by atoms with Gasteiger partial charge in [-0.1, -0.05) is 17.5 Å². The zero-order valence-electron chi connectivity index (χ0n) is 13.9. The lowest BCUT2D eigenvalue weighted by atomic mass is 10.1. The number of halogens is 2. The lowest BCUT2D eigenvalue weighted by Gasteiger charge is -2.26. The Morgan fingerprint density at radius 2 is 2.08 bits per heavy atom. The van der Waals surface area contributed by atoms with Crippen LogP contribution in [-0.2, 0) is 4.74 Å². The number of ether oxygens (including phenoxy) is 1. The van der Waals surface area contributed by atoms with Crippen molar-refractivity contribution in [1.82, 2.24) is 4.90 Å². The number of ketones is 1. The second-order valence-corrected chi connectivity index (χ2v) is 6.99. The fraction of sp³-hybridized carbons (Fsp3) is 0.444. The van der Waals surface area contributed by atoms with E-state index in [1.807, 2.05) is 0 Å². The van der Waals surface area contributed by atoms with Crippen molar-refractivity contribution in [1.29, 1.82) is 0 Å². The predicted molar refractivity (Wildman–Crippen MR) is 89.5 cm³/mol. The molecule has 0 aromatic heterocycles. The summed E-state index contributed by atoms with van der Waals surface area (Å²) in [5, 5.41) is 0.212. The van der Waals surface area contributed by atoms with Crippen LogP contribution in [0.5, 0.6) is 0 Å². The Balaban J connectivity index is 2.11. The number of benzene rings is 1. The summed E-state index contributed by atoms with van der Waals surface area (Å²) in [5.41, 5.74) is -0.728. The van der Waals surface area contributed by atoms with Crippen molar-refractivity contribution in [3.05, 3.63) is 34.6 Å². The molecule has 0 bridgehead atoms. The highest BCUT2D eigenvalue weighted by Crippen LogP contribution is 2.20. The lowest BCUT2D eigenvalue weighted by molar-refractivity contribution is 0.0260. The highest BCUT2D eigenvalue weighted by atomic mass is 35.5. The van der Waals surface area contributed by atoms with Crippen LogP contribution in [-0.4, -0.2) is 35.0 Å². The second kappa shape index (κ2) is 7.23. The molecule has 0 radical (unpaired) electrons. The van der Waals surface area contributed by atoms with E-state index in [9.17, 15) is 14.0 Å². The Morgan fingerprint density at radius 1 is 1.38 bits per heavy atom. The number of hydrogen-bond acceptors (Lipinski definition) is 3. The van der Waals surface area contributed by atoms with Gasteiger partial charge in [0.2, 0.25) is 5.78 Å². The van der Waals surface area contributed by atoms with Crippen molar-refractivity contribution >= 4 is 23.5 Å². The number of carbonyl (C=O) groups is 2. The molecule has 0 saturated carbocycles. The standard InChI is InChI=1S/C18H19ClFNO3/c1-18(2,3)24-17(23)21-10-4-5-13(21)7-9-16(22)14-8-6-12(19)11-15(14)20/h6,8,11,13H,4-5,10H2,1-3H3. The zero-order chi connectivity index (χ0) is 17.9. The second-order valence-electron chi connectivity index (χ2n) is 6.55. The summed E-state index contributed by atoms with van der Waals surface area (Å²) < 4.78 is 19.1. The predicted octanol–water partition coefficient (Wildman–Crippen LogP) is 4.06. The molecule has 1 aromatic carbocycles. The summed E-state index contributed by atoms with van der Waals surface area (Å²) in [6.07, 6.45) is 0.981. The van der Waals surface area contributed by atoms with Gasteiger partial charge in [0, 0.05) is 11.6 Å². The molecule has 128 valence electrons. The largest absolute Gasteiger partial charge is 0.444 e. The van der Waals surface area contributed by atoms with Crippen LogP contribution in [0.15, 0.2) is 18.2 Å². The molecule has 1 saturated heterocycles. The molecule has 1 amide bonds. The minimum Gasteiger partial charge on any atom is -0.444 e. The van der Waals surface area contributed by atoms with Crippen LogP contribution in [0.25, 0.3) is 0 Å². The van der Waals surface area contributed by atoms with Gasteiger partial charge < -0.3 is 4.74 Å². The third-order valence-corrected chi connectivity index (χ3v) is 3.64. The van der Waals surface area contributed by atoms with E-state index in [2.05, 4.69) is 11.8 Å². The Morgan fingerprint density at radius 3 is 2.71 bits per heavy atom. The van der Waals surface area contributed by atoms with E-state index in [1.165, 1.54) is 17.0 Å². The monoisotopic (exact) mass is 351 g/mol. The molecular formula is C18H19ClFNO3. The van der Waals surface area contributed by atoms with Crippen LogP contribution in [0.2, 0.25) is 5.02 Å². The highest BCUT2D eigenvalue weighted by molar-refractivity contribution is 6.30. The molecule has 0 N–H and O–H groups in total. The number of amides is 1. The zero-order valence-corrected chi connectivity index (χ0v) is 14.6. The smallest absolute Gasteiger partial charge is 0.411 e. The highest BCUT2D eigenvalue weighted by Gasteiger charge is 2.31. The number of likely N-dealkylation sites (tertiary alicyclic amines) is 1. The molecule has 24 heavy (non-hydrogen) atoms. The van der Waals surface area contributed by atoms with E-state index >= 15 is 0 Å². The Labute approximate surface area is 145 Å². The third kappa shape index (κ3) is 4.72. The van der Waals surface area contributed by atoms with Gasteiger partial charge in [-0.2, -0.15) is 0 Å². The van der Waals surface area contributed by atoms with E-state index < -0.39 is 29.3 Å². The quantitative estimate of drug-likeness (QED) is 0.435. The van der Waals surface area contributed by atoms with Crippen molar-refractivity contribution in [3.63, 3.8) is 0 Å². The molecule has 1 heterocycles. The Bertz CT molecular complexity index is 715. The first kappa shape index (κ1) is 18.3. The number of carbonyl (C=O) groups excluding carboxylic acids is 2. The normalized spacial score (nSPS) is 17.2. The molecule has 4 nitrogen and oxygen atoms in total. The van der Waals surface area contributed by atoms with Gasteiger partial charge in [-0.05, 0) is 57.7 Å². The van der Waals surface area contributed by atoms with Crippen molar-refractivity contribution in [2.45, 2.75) is 45.3 Å². The number of Topliss-reactive ketones (excluding diaryl/α,β-unsaturated/α-hetero) is 1. The van der Waals surface area contributed by atoms with Gasteiger partial charge in [-0.25, -0.2) is 9.18 Å². The summed E-state index contributed by atoms with van der Waals surface area (Å²) in [7, 11) is 0. The summed E-state index contributed by atoms with van der Waals surface area (Å²) >= 11 is 5.66. The molecule has 1 aliphatic heterocycles. The molecule has 0 aliphatic carbocycles. The van der Waals surface area contributed by atoms with Crippen LogP contribution in [0.3, 0.4) is 0 Å². The molecule has 1 fully saturated rings. The topological polar surface area (TPSA) is 46.6 Å². The Kier molecular flexibility index (Phi) is 5.51. The van der Waals surface area contributed by atoms with Gasteiger partial charge in [0.1, 0.15) is 11.4 Å². The third-order valence-electron chi connectivity index (χ3n) is 3.41. The fourth-order valence-corrected chi connectivity index (χ4v) is 2.50. The number of nitrogens with zero attached hydrogens (tertiary/aromatic N) is 1. The van der Waals surface area contributed by atoms with Crippen LogP contribution in [0.4, 0.5) is 9.18 Å². The van der Waals surface area contributed by atoms with Crippen molar-refractivity contribution in [2.24, 2.45) is 0 Å². The molecular weight excluding hydrogens is 333 g/mol. The molecule has 0 spiro atoms. The first-order valence-electron chi connectivity index (χ1n) is 7.68. The lowest BCUT2D eigenvalue weighted by Crippen LogP contribution is -2.39. The SMILES string of the molecule is CC(C)(C)OC(=O)N1CCCC1C#CC(=O)c1ccc(Cl)cc1F. The maximum absolute atomic E-state index is 13.7. The van der Waals surface area contributed by atoms with E-state index in [4.69, 9.17) is 16.3 Å². The fourth-order valence-electron chi connectivity index (χ4n) is 2.35. The molecule has 1 atom stereocenters. The molecule has 1 unspecified atom stereocenters. The first-order chi connectivity index (χ1) is 11.2. The average molecular weight is 352 g/mol. The first-order valence-corrected chi connectivity index (χ1v) is 8.06. The maximum atomic E-state index is 13.7. The molecule has 6 heteroatoms. The minimum atomic E-state index is -0.711. The van der Waals surface area contributed by atoms with E-state index in [0.717, 1.165) is 12.5 Å². The number of rotatable bonds is 1. The van der Waals surface area contributed by atoms with E-state index in [-0.39, 0.29) is 10.6 Å². The van der Waals surface area contributed by atoms with Gasteiger partial charge in [-0.3, -0.25) is 9.69 Å². The van der Waals surface area contributed by atoms with Gasteiger partial charge >= 0.3 is 6.09 Å². The van der Waals surface area contributed by atoms with E-state index in [0.29, 0.717) is 13.0 Å². The van der Waals surface area contributed by atoms with Gasteiger partial charge in [0.15, 0.2) is 0 Å². The van der Waals surface area contributed by atoms with Crippen molar-refractivity contribution in [2.75, 3.05) is 6.54 Å². The maximum Gasteiger partial charge on any atom is 0.411 e. The molecule has 1 aliphatic rings. The van der Waals surface area contributed by atoms with Crippen LogP contribution in [0, 0.1) is 17.7 Å². The number of hydrogen-bond donors (Lipinski definition) is 0. The molecule has 1 aromatic rings. The van der Waals surface area contributed by atoms with Crippen LogP contribution < -0.4 is 0 Å².